The summed E-state index contributed by atoms with van der Waals surface area (Å²) in [6.45, 7) is 0.570. The number of aryl methyl sites for hydroxylation is 1. The second kappa shape index (κ2) is 6.90. The molecule has 1 aromatic heterocycles. The molecule has 6 nitrogen and oxygen atoms in total. The SMILES string of the molecule is O=C1CCC(Oc2ccc(-c3ccc[n+]4c3NS(O)(O)CC4)cc2)CC1. The van der Waals surface area contributed by atoms with Crippen molar-refractivity contribution in [3.63, 3.8) is 0 Å². The maximum Gasteiger partial charge on any atom is 0.304 e. The van der Waals surface area contributed by atoms with Crippen molar-refractivity contribution < 1.29 is 23.2 Å². The fourth-order valence-electron chi connectivity index (χ4n) is 3.45. The zero-order valence-corrected chi connectivity index (χ0v) is 15.2. The van der Waals surface area contributed by atoms with Gasteiger partial charge in [-0.25, -0.2) is 4.57 Å². The van der Waals surface area contributed by atoms with E-state index in [2.05, 4.69) is 4.72 Å². The average Bonchev–Trinajstić information content (AvgIpc) is 2.63. The first-order valence-corrected chi connectivity index (χ1v) is 10.6. The van der Waals surface area contributed by atoms with Gasteiger partial charge in [0.2, 0.25) is 0 Å². The van der Waals surface area contributed by atoms with E-state index in [-0.39, 0.29) is 6.10 Å². The van der Waals surface area contributed by atoms with Crippen LogP contribution in [0.5, 0.6) is 5.75 Å². The number of fused-ring (bicyclic) bond motifs is 1. The number of hydrogen-bond acceptors (Lipinski definition) is 5. The van der Waals surface area contributed by atoms with Gasteiger partial charge in [-0.3, -0.25) is 13.9 Å². The lowest BCUT2D eigenvalue weighted by molar-refractivity contribution is -0.679. The van der Waals surface area contributed by atoms with Gasteiger partial charge in [-0.15, -0.1) is 0 Å². The molecule has 0 atom stereocenters. The number of carbonyl (C=O) groups excluding carboxylic acids is 1. The number of nitrogens with one attached hydrogen (secondary N) is 1. The number of hydrogen-bond donors (Lipinski definition) is 3. The molecule has 26 heavy (non-hydrogen) atoms. The van der Waals surface area contributed by atoms with Crippen molar-refractivity contribution in [2.75, 3.05) is 10.5 Å². The van der Waals surface area contributed by atoms with Gasteiger partial charge in [-0.2, -0.15) is 4.72 Å². The van der Waals surface area contributed by atoms with Gasteiger partial charge in [0, 0.05) is 12.8 Å². The summed E-state index contributed by atoms with van der Waals surface area (Å²) in [5, 5.41) is 0. The highest BCUT2D eigenvalue weighted by Crippen LogP contribution is 2.42. The van der Waals surface area contributed by atoms with Crippen LogP contribution >= 0.6 is 10.8 Å². The van der Waals surface area contributed by atoms with E-state index in [1.807, 2.05) is 47.2 Å². The van der Waals surface area contributed by atoms with Crippen LogP contribution in [0.15, 0.2) is 42.6 Å². The van der Waals surface area contributed by atoms with Crippen molar-refractivity contribution in [1.29, 1.82) is 0 Å². The van der Waals surface area contributed by atoms with Crippen molar-refractivity contribution in [2.24, 2.45) is 0 Å². The average molecular weight is 375 g/mol. The number of pyridine rings is 1. The molecule has 1 fully saturated rings. The fourth-order valence-corrected chi connectivity index (χ4v) is 4.54. The first-order chi connectivity index (χ1) is 12.5. The molecule has 0 spiro atoms. The van der Waals surface area contributed by atoms with Gasteiger partial charge in [-0.05, 0) is 42.7 Å². The zero-order chi connectivity index (χ0) is 18.1. The minimum Gasteiger partial charge on any atom is -0.490 e. The fraction of sp³-hybridized carbons (Fsp3) is 0.368. The van der Waals surface area contributed by atoms with E-state index in [4.69, 9.17) is 4.74 Å². The Balaban J connectivity index is 1.54. The molecule has 0 bridgehead atoms. The number of anilines is 1. The van der Waals surface area contributed by atoms with Crippen LogP contribution in [-0.4, -0.2) is 26.7 Å². The van der Waals surface area contributed by atoms with Crippen LogP contribution in [0.25, 0.3) is 11.1 Å². The number of ether oxygens (including phenoxy) is 1. The van der Waals surface area contributed by atoms with Crippen molar-refractivity contribution >= 4 is 22.4 Å². The Morgan fingerprint density at radius 2 is 1.85 bits per heavy atom. The molecule has 4 rings (SSSR count). The van der Waals surface area contributed by atoms with E-state index >= 15 is 0 Å². The largest absolute Gasteiger partial charge is 0.490 e. The topological polar surface area (TPSA) is 82.7 Å². The van der Waals surface area contributed by atoms with E-state index in [1.54, 1.807) is 0 Å². The van der Waals surface area contributed by atoms with Crippen molar-refractivity contribution in [3.8, 4) is 16.9 Å². The van der Waals surface area contributed by atoms with Gasteiger partial charge in [0.25, 0.3) is 0 Å². The van der Waals surface area contributed by atoms with Gasteiger partial charge >= 0.3 is 5.82 Å². The number of ketones is 1. The molecule has 1 saturated carbocycles. The van der Waals surface area contributed by atoms with Crippen LogP contribution in [0.1, 0.15) is 25.7 Å². The first kappa shape index (κ1) is 17.3. The van der Waals surface area contributed by atoms with Gasteiger partial charge in [0.05, 0.1) is 17.9 Å². The molecular weight excluding hydrogens is 352 g/mol. The molecule has 2 heterocycles. The number of nitrogens with zero attached hydrogens (tertiary/aromatic N) is 1. The van der Waals surface area contributed by atoms with E-state index < -0.39 is 10.8 Å². The van der Waals surface area contributed by atoms with Crippen molar-refractivity contribution in [3.05, 3.63) is 42.6 Å². The first-order valence-electron chi connectivity index (χ1n) is 8.85. The summed E-state index contributed by atoms with van der Waals surface area (Å²) >= 11 is 0. The molecular formula is C19H23N2O4S+. The second-order valence-electron chi connectivity index (χ2n) is 6.82. The van der Waals surface area contributed by atoms with Crippen LogP contribution in [0.3, 0.4) is 0 Å². The van der Waals surface area contributed by atoms with Gasteiger partial charge < -0.3 is 4.74 Å². The minimum atomic E-state index is -2.78. The monoisotopic (exact) mass is 375 g/mol. The highest BCUT2D eigenvalue weighted by Gasteiger charge is 2.30. The number of carbonyl (C=O) groups is 1. The normalized spacial score (nSPS) is 20.8. The molecule has 7 heteroatoms. The lowest BCUT2D eigenvalue weighted by atomic mass is 9.96. The van der Waals surface area contributed by atoms with E-state index in [9.17, 15) is 13.9 Å². The van der Waals surface area contributed by atoms with E-state index in [1.165, 1.54) is 0 Å². The van der Waals surface area contributed by atoms with Crippen LogP contribution in [0.2, 0.25) is 0 Å². The number of benzene rings is 1. The van der Waals surface area contributed by atoms with E-state index in [0.29, 0.717) is 30.9 Å². The van der Waals surface area contributed by atoms with Crippen LogP contribution in [-0.2, 0) is 11.3 Å². The summed E-state index contributed by atoms with van der Waals surface area (Å²) in [4.78, 5) is 11.3. The lowest BCUT2D eigenvalue weighted by Gasteiger charge is -2.32. The Labute approximate surface area is 154 Å². The summed E-state index contributed by atoms with van der Waals surface area (Å²) in [6.07, 6.45) is 4.81. The number of Topliss-reactive ketones (excluding diaryl/α,β-unsaturated/α-hetero) is 1. The van der Waals surface area contributed by atoms with Crippen LogP contribution in [0.4, 0.5) is 5.82 Å². The highest BCUT2D eigenvalue weighted by molar-refractivity contribution is 8.25. The summed E-state index contributed by atoms with van der Waals surface area (Å²) < 4.78 is 30.9. The molecule has 2 aliphatic rings. The van der Waals surface area contributed by atoms with Gasteiger partial charge in [-0.1, -0.05) is 22.9 Å². The Morgan fingerprint density at radius 3 is 2.58 bits per heavy atom. The van der Waals surface area contributed by atoms with Gasteiger partial charge in [0.1, 0.15) is 23.8 Å². The highest BCUT2D eigenvalue weighted by atomic mass is 32.3. The molecule has 1 aromatic carbocycles. The van der Waals surface area contributed by atoms with Crippen molar-refractivity contribution in [2.45, 2.75) is 38.3 Å². The molecule has 0 radical (unpaired) electrons. The molecule has 2 aromatic rings. The Hall–Kier alpha value is -2.09. The second-order valence-corrected chi connectivity index (χ2v) is 8.76. The summed E-state index contributed by atoms with van der Waals surface area (Å²) in [5.41, 5.74) is 1.90. The number of rotatable bonds is 3. The maximum atomic E-state index is 11.3. The smallest absolute Gasteiger partial charge is 0.304 e. The summed E-state index contributed by atoms with van der Waals surface area (Å²) in [6, 6.07) is 11.7. The third-order valence-corrected chi connectivity index (χ3v) is 6.18. The summed E-state index contributed by atoms with van der Waals surface area (Å²) in [5.74, 6) is 2.15. The maximum absolute atomic E-state index is 11.3. The molecule has 3 N–H and O–H groups in total. The van der Waals surface area contributed by atoms with Gasteiger partial charge in [0.15, 0.2) is 0 Å². The van der Waals surface area contributed by atoms with Crippen molar-refractivity contribution in [1.82, 2.24) is 0 Å². The Kier molecular flexibility index (Phi) is 4.60. The summed E-state index contributed by atoms with van der Waals surface area (Å²) in [7, 11) is -2.78. The third kappa shape index (κ3) is 3.70. The molecule has 0 unspecified atom stereocenters. The zero-order valence-electron chi connectivity index (χ0n) is 14.4. The standard InChI is InChI=1S/C19H22N2O4S/c22-15-5-9-17(10-6-15)25-16-7-3-14(4-8-16)18-2-1-11-21-12-13-26(23,24)20-19(18)21/h1-4,7-8,11,17,23-24H,5-6,9-10,12-13H2/p+1. The Bertz CT molecular complexity index is 813. The predicted octanol–water partition coefficient (Wildman–Crippen LogP) is 3.62. The van der Waals surface area contributed by atoms with Crippen LogP contribution < -0.4 is 14.0 Å². The molecule has 138 valence electrons. The predicted molar refractivity (Wildman–Crippen MR) is 101 cm³/mol. The molecule has 1 aliphatic heterocycles. The minimum absolute atomic E-state index is 0.105. The Morgan fingerprint density at radius 1 is 1.12 bits per heavy atom. The third-order valence-electron chi connectivity index (χ3n) is 4.91. The quantitative estimate of drug-likeness (QED) is 0.714. The molecule has 0 amide bonds. The van der Waals surface area contributed by atoms with Crippen LogP contribution in [0, 0.1) is 0 Å². The molecule has 0 saturated heterocycles. The van der Waals surface area contributed by atoms with E-state index in [0.717, 1.165) is 35.5 Å². The number of aromatic nitrogens is 1. The molecule has 1 aliphatic carbocycles. The lowest BCUT2D eigenvalue weighted by Crippen LogP contribution is -2.45.